The number of carbonyl (C=O) groups is 3. The lowest BCUT2D eigenvalue weighted by molar-refractivity contribution is -0.144. The van der Waals surface area contributed by atoms with Crippen molar-refractivity contribution < 1.29 is 23.9 Å². The van der Waals surface area contributed by atoms with E-state index in [0.29, 0.717) is 18.7 Å². The van der Waals surface area contributed by atoms with Crippen LogP contribution in [0.5, 0.6) is 0 Å². The first kappa shape index (κ1) is 23.8. The molecule has 0 aliphatic carbocycles. The van der Waals surface area contributed by atoms with E-state index in [-0.39, 0.29) is 12.5 Å². The van der Waals surface area contributed by atoms with Gasteiger partial charge in [-0.1, -0.05) is 60.7 Å². The molecule has 2 N–H and O–H groups in total. The first-order chi connectivity index (χ1) is 15.6. The number of carbonyl (C=O) groups excluding carboxylic acids is 3. The molecule has 0 bridgehead atoms. The normalized spacial score (nSPS) is 17.8. The Morgan fingerprint density at radius 3 is 2.31 bits per heavy atom. The molecule has 2 aromatic rings. The second-order valence-corrected chi connectivity index (χ2v) is 8.35. The van der Waals surface area contributed by atoms with Gasteiger partial charge in [-0.05, 0) is 24.5 Å². The number of amides is 2. The standard InChI is InChI=1S/C24H28N2O5S/c1-2-30-24(29)21-20(31-21)23(28)26-19(16-32-15-18-11-7-4-8-12-18)22(27)25-14-13-17-9-5-3-6-10-17/h3-12,19-21H,2,13-16H2,1H3,(H,25,27)(H,26,28)/t19-,20-,21-/m0/s1. The minimum Gasteiger partial charge on any atom is -0.464 e. The first-order valence-corrected chi connectivity index (χ1v) is 11.8. The fourth-order valence-electron chi connectivity index (χ4n) is 3.12. The highest BCUT2D eigenvalue weighted by molar-refractivity contribution is 7.98. The van der Waals surface area contributed by atoms with Crippen LogP contribution in [0.1, 0.15) is 18.1 Å². The number of benzene rings is 2. The monoisotopic (exact) mass is 456 g/mol. The molecule has 0 unspecified atom stereocenters. The molecular weight excluding hydrogens is 428 g/mol. The number of rotatable bonds is 12. The highest BCUT2D eigenvalue weighted by Gasteiger charge is 2.52. The van der Waals surface area contributed by atoms with Crippen molar-refractivity contribution in [1.29, 1.82) is 0 Å². The van der Waals surface area contributed by atoms with Gasteiger partial charge in [0.25, 0.3) is 5.91 Å². The lowest BCUT2D eigenvalue weighted by Gasteiger charge is -2.18. The molecular formula is C24H28N2O5S. The predicted octanol–water partition coefficient (Wildman–Crippen LogP) is 2.09. The summed E-state index contributed by atoms with van der Waals surface area (Å²) >= 11 is 1.55. The summed E-state index contributed by atoms with van der Waals surface area (Å²) in [5.41, 5.74) is 2.26. The van der Waals surface area contributed by atoms with Crippen LogP contribution in [0.25, 0.3) is 0 Å². The fourth-order valence-corrected chi connectivity index (χ4v) is 4.14. The number of thioether (sulfide) groups is 1. The Morgan fingerprint density at radius 1 is 1.00 bits per heavy atom. The van der Waals surface area contributed by atoms with Crippen molar-refractivity contribution in [3.05, 3.63) is 71.8 Å². The van der Waals surface area contributed by atoms with Crippen molar-refractivity contribution in [2.75, 3.05) is 18.9 Å². The Kier molecular flexibility index (Phi) is 9.13. The molecule has 1 fully saturated rings. The Bertz CT molecular complexity index is 894. The van der Waals surface area contributed by atoms with Crippen LogP contribution in [-0.2, 0) is 36.0 Å². The van der Waals surface area contributed by atoms with Gasteiger partial charge < -0.3 is 20.1 Å². The first-order valence-electron chi connectivity index (χ1n) is 10.6. The highest BCUT2D eigenvalue weighted by atomic mass is 32.2. The van der Waals surface area contributed by atoms with E-state index in [2.05, 4.69) is 10.6 Å². The average Bonchev–Trinajstić information content (AvgIpc) is 3.61. The molecule has 170 valence electrons. The summed E-state index contributed by atoms with van der Waals surface area (Å²) in [6.07, 6.45) is -1.11. The maximum Gasteiger partial charge on any atom is 0.338 e. The summed E-state index contributed by atoms with van der Waals surface area (Å²) < 4.78 is 10.0. The summed E-state index contributed by atoms with van der Waals surface area (Å²) in [5, 5.41) is 5.64. The molecule has 0 radical (unpaired) electrons. The van der Waals surface area contributed by atoms with Crippen molar-refractivity contribution >= 4 is 29.5 Å². The van der Waals surface area contributed by atoms with Crippen molar-refractivity contribution in [1.82, 2.24) is 10.6 Å². The summed E-state index contributed by atoms with van der Waals surface area (Å²) in [6.45, 7) is 2.37. The van der Waals surface area contributed by atoms with Gasteiger partial charge in [-0.25, -0.2) is 4.79 Å². The number of epoxide rings is 1. The Labute approximate surface area is 192 Å². The predicted molar refractivity (Wildman–Crippen MR) is 123 cm³/mol. The van der Waals surface area contributed by atoms with Crippen molar-refractivity contribution in [2.45, 2.75) is 37.3 Å². The van der Waals surface area contributed by atoms with Gasteiger partial charge >= 0.3 is 5.97 Å². The second-order valence-electron chi connectivity index (χ2n) is 7.32. The Hall–Kier alpha value is -2.84. The van der Waals surface area contributed by atoms with E-state index in [1.54, 1.807) is 18.7 Å². The third-order valence-corrected chi connectivity index (χ3v) is 5.96. The molecule has 7 nitrogen and oxygen atoms in total. The van der Waals surface area contributed by atoms with E-state index >= 15 is 0 Å². The lowest BCUT2D eigenvalue weighted by atomic mass is 10.1. The van der Waals surface area contributed by atoms with Crippen LogP contribution in [0, 0.1) is 0 Å². The molecule has 1 aliphatic heterocycles. The molecule has 3 rings (SSSR count). The number of esters is 1. The van der Waals surface area contributed by atoms with Crippen molar-refractivity contribution in [3.8, 4) is 0 Å². The Morgan fingerprint density at radius 2 is 1.66 bits per heavy atom. The van der Waals surface area contributed by atoms with Gasteiger partial charge in [0.05, 0.1) is 6.61 Å². The molecule has 2 amide bonds. The van der Waals surface area contributed by atoms with Gasteiger partial charge in [0.15, 0.2) is 12.2 Å². The van der Waals surface area contributed by atoms with E-state index in [1.165, 1.54) is 0 Å². The molecule has 0 saturated carbocycles. The topological polar surface area (TPSA) is 97.0 Å². The third-order valence-electron chi connectivity index (χ3n) is 4.85. The number of ether oxygens (including phenoxy) is 2. The Balaban J connectivity index is 1.52. The van der Waals surface area contributed by atoms with Crippen LogP contribution in [-0.4, -0.2) is 54.9 Å². The van der Waals surface area contributed by atoms with Crippen LogP contribution in [0.4, 0.5) is 0 Å². The van der Waals surface area contributed by atoms with E-state index in [0.717, 1.165) is 16.9 Å². The molecule has 3 atom stereocenters. The average molecular weight is 457 g/mol. The molecule has 1 aliphatic rings. The van der Waals surface area contributed by atoms with Crippen molar-refractivity contribution in [3.63, 3.8) is 0 Å². The maximum atomic E-state index is 12.8. The number of nitrogens with one attached hydrogen (secondary N) is 2. The SMILES string of the molecule is CCOC(=O)[C@H]1O[C@@H]1C(=O)N[C@@H](CSCc1ccccc1)C(=O)NCCc1ccccc1. The molecule has 1 saturated heterocycles. The van der Waals surface area contributed by atoms with Gasteiger partial charge in [0.1, 0.15) is 6.04 Å². The zero-order chi connectivity index (χ0) is 22.8. The zero-order valence-electron chi connectivity index (χ0n) is 18.0. The van der Waals surface area contributed by atoms with Gasteiger partial charge in [0.2, 0.25) is 5.91 Å². The van der Waals surface area contributed by atoms with Crippen LogP contribution < -0.4 is 10.6 Å². The summed E-state index contributed by atoms with van der Waals surface area (Å²) in [6, 6.07) is 19.0. The van der Waals surface area contributed by atoms with Crippen molar-refractivity contribution in [2.24, 2.45) is 0 Å². The van der Waals surface area contributed by atoms with E-state index in [4.69, 9.17) is 9.47 Å². The highest BCUT2D eigenvalue weighted by Crippen LogP contribution is 2.24. The van der Waals surface area contributed by atoms with Gasteiger partial charge in [0, 0.05) is 18.1 Å². The lowest BCUT2D eigenvalue weighted by Crippen LogP contribution is -2.50. The smallest absolute Gasteiger partial charge is 0.338 e. The second kappa shape index (κ2) is 12.3. The molecule has 0 spiro atoms. The molecule has 32 heavy (non-hydrogen) atoms. The fraction of sp³-hybridized carbons (Fsp3) is 0.375. The van der Waals surface area contributed by atoms with E-state index < -0.39 is 30.1 Å². The number of hydrogen-bond donors (Lipinski definition) is 2. The van der Waals surface area contributed by atoms with Gasteiger partial charge in [-0.3, -0.25) is 9.59 Å². The maximum absolute atomic E-state index is 12.8. The van der Waals surface area contributed by atoms with E-state index in [9.17, 15) is 14.4 Å². The van der Waals surface area contributed by atoms with Crippen LogP contribution in [0.2, 0.25) is 0 Å². The van der Waals surface area contributed by atoms with Gasteiger partial charge in [-0.15, -0.1) is 0 Å². The summed E-state index contributed by atoms with van der Waals surface area (Å²) in [5.74, 6) is -0.186. The quantitative estimate of drug-likeness (QED) is 0.375. The third kappa shape index (κ3) is 7.39. The van der Waals surface area contributed by atoms with E-state index in [1.807, 2.05) is 60.7 Å². The van der Waals surface area contributed by atoms with Gasteiger partial charge in [-0.2, -0.15) is 11.8 Å². The summed E-state index contributed by atoms with van der Waals surface area (Å²) in [4.78, 5) is 37.1. The van der Waals surface area contributed by atoms with Crippen LogP contribution in [0.3, 0.4) is 0 Å². The van der Waals surface area contributed by atoms with Crippen LogP contribution >= 0.6 is 11.8 Å². The number of hydrogen-bond acceptors (Lipinski definition) is 6. The zero-order valence-corrected chi connectivity index (χ0v) is 18.8. The molecule has 2 aromatic carbocycles. The molecule has 0 aromatic heterocycles. The molecule has 1 heterocycles. The largest absolute Gasteiger partial charge is 0.464 e. The minimum atomic E-state index is -0.909. The molecule has 8 heteroatoms. The minimum absolute atomic E-state index is 0.218. The van der Waals surface area contributed by atoms with Crippen LogP contribution in [0.15, 0.2) is 60.7 Å². The summed E-state index contributed by atoms with van der Waals surface area (Å²) in [7, 11) is 0.